The fourth-order valence-corrected chi connectivity index (χ4v) is 5.31. The molecule has 0 spiro atoms. The summed E-state index contributed by atoms with van der Waals surface area (Å²) >= 11 is 11.5. The highest BCUT2D eigenvalue weighted by molar-refractivity contribution is 9.10. The van der Waals surface area contributed by atoms with E-state index in [2.05, 4.69) is 20.8 Å². The van der Waals surface area contributed by atoms with Gasteiger partial charge in [-0.15, -0.1) is 11.8 Å². The molecule has 0 saturated carbocycles. The Morgan fingerprint density at radius 1 is 1.03 bits per heavy atom. The first-order chi connectivity index (χ1) is 14.0. The van der Waals surface area contributed by atoms with Gasteiger partial charge < -0.3 is 14.9 Å². The minimum absolute atomic E-state index is 0.142. The van der Waals surface area contributed by atoms with E-state index < -0.39 is 0 Å². The number of hydrogen-bond acceptors (Lipinski definition) is 4. The molecule has 3 aromatic rings. The first kappa shape index (κ1) is 20.4. The maximum Gasteiger partial charge on any atom is 0.233 e. The molecule has 4 rings (SSSR count). The lowest BCUT2D eigenvalue weighted by Crippen LogP contribution is -2.49. The van der Waals surface area contributed by atoms with E-state index in [0.717, 1.165) is 38.9 Å². The van der Waals surface area contributed by atoms with Crippen molar-refractivity contribution in [3.63, 3.8) is 0 Å². The molecule has 7 heteroatoms. The average Bonchev–Trinajstić information content (AvgIpc) is 2.74. The van der Waals surface area contributed by atoms with Crippen molar-refractivity contribution in [1.29, 1.82) is 0 Å². The molecular weight excluding hydrogens is 472 g/mol. The third-order valence-corrected chi connectivity index (χ3v) is 7.15. The van der Waals surface area contributed by atoms with Crippen LogP contribution in [0.1, 0.15) is 0 Å². The monoisotopic (exact) mass is 490 g/mol. The Kier molecular flexibility index (Phi) is 6.23. The van der Waals surface area contributed by atoms with Crippen molar-refractivity contribution in [1.82, 2.24) is 4.90 Å². The minimum Gasteiger partial charge on any atom is -0.508 e. The zero-order valence-electron chi connectivity index (χ0n) is 15.6. The van der Waals surface area contributed by atoms with Crippen LogP contribution in [-0.4, -0.2) is 47.8 Å². The highest BCUT2D eigenvalue weighted by Crippen LogP contribution is 2.37. The number of anilines is 1. The molecule has 1 aliphatic heterocycles. The SMILES string of the molecule is O=C(CSc1ccc(Br)c2cccc(Cl)c12)N1CCN(c2ccc(O)cc2)CC1. The molecule has 1 fully saturated rings. The van der Waals surface area contributed by atoms with Crippen molar-refractivity contribution in [2.45, 2.75) is 4.90 Å². The lowest BCUT2D eigenvalue weighted by atomic mass is 10.1. The predicted octanol–water partition coefficient (Wildman–Crippen LogP) is 5.40. The molecule has 0 bridgehead atoms. The van der Waals surface area contributed by atoms with E-state index in [4.69, 9.17) is 11.6 Å². The van der Waals surface area contributed by atoms with Crippen LogP contribution >= 0.6 is 39.3 Å². The van der Waals surface area contributed by atoms with Gasteiger partial charge in [-0.05, 0) is 47.9 Å². The number of thioether (sulfide) groups is 1. The van der Waals surface area contributed by atoms with E-state index in [1.807, 2.05) is 47.4 Å². The van der Waals surface area contributed by atoms with Gasteiger partial charge in [-0.2, -0.15) is 0 Å². The third-order valence-electron chi connectivity index (χ3n) is 5.10. The van der Waals surface area contributed by atoms with Crippen LogP contribution in [0.3, 0.4) is 0 Å². The van der Waals surface area contributed by atoms with Crippen LogP contribution in [0.25, 0.3) is 10.8 Å². The quantitative estimate of drug-likeness (QED) is 0.496. The lowest BCUT2D eigenvalue weighted by molar-refractivity contribution is -0.128. The molecule has 1 saturated heterocycles. The molecule has 150 valence electrons. The van der Waals surface area contributed by atoms with Crippen molar-refractivity contribution in [3.8, 4) is 5.75 Å². The number of aromatic hydroxyl groups is 1. The molecule has 0 aliphatic carbocycles. The Morgan fingerprint density at radius 3 is 2.48 bits per heavy atom. The molecule has 4 nitrogen and oxygen atoms in total. The number of fused-ring (bicyclic) bond motifs is 1. The maximum atomic E-state index is 12.8. The van der Waals surface area contributed by atoms with Crippen LogP contribution in [0.5, 0.6) is 5.75 Å². The predicted molar refractivity (Wildman–Crippen MR) is 124 cm³/mol. The zero-order valence-corrected chi connectivity index (χ0v) is 18.8. The molecular formula is C22H20BrClN2O2S. The van der Waals surface area contributed by atoms with E-state index >= 15 is 0 Å². The topological polar surface area (TPSA) is 43.8 Å². The van der Waals surface area contributed by atoms with Crippen molar-refractivity contribution >= 4 is 61.7 Å². The summed E-state index contributed by atoms with van der Waals surface area (Å²) in [7, 11) is 0. The minimum atomic E-state index is 0.142. The fraction of sp³-hybridized carbons (Fsp3) is 0.227. The van der Waals surface area contributed by atoms with Gasteiger partial charge in [0.05, 0.1) is 5.75 Å². The molecule has 29 heavy (non-hydrogen) atoms. The van der Waals surface area contributed by atoms with Crippen molar-refractivity contribution in [2.75, 3.05) is 36.8 Å². The summed E-state index contributed by atoms with van der Waals surface area (Å²) in [6, 6.07) is 17.1. The summed E-state index contributed by atoms with van der Waals surface area (Å²) in [6.07, 6.45) is 0. The van der Waals surface area contributed by atoms with Gasteiger partial charge in [-0.3, -0.25) is 4.79 Å². The van der Waals surface area contributed by atoms with Crippen molar-refractivity contribution < 1.29 is 9.90 Å². The number of piperazine rings is 1. The molecule has 0 unspecified atom stereocenters. The van der Waals surface area contributed by atoms with Crippen molar-refractivity contribution in [3.05, 3.63) is 64.1 Å². The Balaban J connectivity index is 1.38. The summed E-state index contributed by atoms with van der Waals surface area (Å²) in [6.45, 7) is 2.96. The van der Waals surface area contributed by atoms with Gasteiger partial charge in [-0.25, -0.2) is 0 Å². The summed E-state index contributed by atoms with van der Waals surface area (Å²) in [5.41, 5.74) is 1.07. The lowest BCUT2D eigenvalue weighted by Gasteiger charge is -2.36. The Morgan fingerprint density at radius 2 is 1.76 bits per heavy atom. The second-order valence-electron chi connectivity index (χ2n) is 6.88. The number of rotatable bonds is 4. The highest BCUT2D eigenvalue weighted by atomic mass is 79.9. The van der Waals surface area contributed by atoms with Crippen LogP contribution in [0.15, 0.2) is 64.0 Å². The second-order valence-corrected chi connectivity index (χ2v) is 9.16. The van der Waals surface area contributed by atoms with Crippen LogP contribution in [-0.2, 0) is 4.79 Å². The maximum absolute atomic E-state index is 12.8. The van der Waals surface area contributed by atoms with Gasteiger partial charge in [0.2, 0.25) is 5.91 Å². The second kappa shape index (κ2) is 8.86. The third kappa shape index (κ3) is 4.49. The molecule has 0 radical (unpaired) electrons. The molecule has 3 aromatic carbocycles. The van der Waals surface area contributed by atoms with Crippen LogP contribution < -0.4 is 4.90 Å². The fourth-order valence-electron chi connectivity index (χ4n) is 3.52. The highest BCUT2D eigenvalue weighted by Gasteiger charge is 2.21. The number of hydrogen-bond donors (Lipinski definition) is 1. The van der Waals surface area contributed by atoms with Gasteiger partial charge in [0.25, 0.3) is 0 Å². The van der Waals surface area contributed by atoms with E-state index in [-0.39, 0.29) is 11.7 Å². The molecule has 1 aliphatic rings. The molecule has 1 amide bonds. The Bertz CT molecular complexity index is 1040. The molecule has 1 N–H and O–H groups in total. The van der Waals surface area contributed by atoms with E-state index in [1.165, 1.54) is 11.8 Å². The Labute approximate surface area is 187 Å². The van der Waals surface area contributed by atoms with Crippen LogP contribution in [0, 0.1) is 0 Å². The number of benzene rings is 3. The molecule has 0 aromatic heterocycles. The van der Waals surface area contributed by atoms with Gasteiger partial charge in [-0.1, -0.05) is 39.7 Å². The summed E-state index contributed by atoms with van der Waals surface area (Å²) in [5.74, 6) is 0.796. The first-order valence-electron chi connectivity index (χ1n) is 9.34. The van der Waals surface area contributed by atoms with Crippen molar-refractivity contribution in [2.24, 2.45) is 0 Å². The Hall–Kier alpha value is -1.89. The smallest absolute Gasteiger partial charge is 0.233 e. The molecule has 1 heterocycles. The standard InChI is InChI=1S/C22H20BrClN2O2S/c23-18-8-9-20(22-17(18)2-1-3-19(22)24)29-14-21(28)26-12-10-25(11-13-26)15-4-6-16(27)7-5-15/h1-9,27H,10-14H2. The zero-order chi connectivity index (χ0) is 20.4. The number of carbonyl (C=O) groups is 1. The first-order valence-corrected chi connectivity index (χ1v) is 11.5. The number of phenols is 1. The summed E-state index contributed by atoms with van der Waals surface area (Å²) in [5, 5.41) is 12.2. The number of amides is 1. The van der Waals surface area contributed by atoms with Crippen LogP contribution in [0.4, 0.5) is 5.69 Å². The normalized spacial score (nSPS) is 14.4. The molecule has 0 atom stereocenters. The van der Waals surface area contributed by atoms with Crippen LogP contribution in [0.2, 0.25) is 5.02 Å². The van der Waals surface area contributed by atoms with Gasteiger partial charge >= 0.3 is 0 Å². The van der Waals surface area contributed by atoms with Gasteiger partial charge in [0, 0.05) is 51.6 Å². The number of nitrogens with zero attached hydrogens (tertiary/aromatic N) is 2. The van der Waals surface area contributed by atoms with E-state index in [9.17, 15) is 9.90 Å². The number of phenolic OH excluding ortho intramolecular Hbond substituents is 1. The average molecular weight is 492 g/mol. The van der Waals surface area contributed by atoms with Gasteiger partial charge in [0.15, 0.2) is 0 Å². The van der Waals surface area contributed by atoms with E-state index in [0.29, 0.717) is 23.9 Å². The summed E-state index contributed by atoms with van der Waals surface area (Å²) < 4.78 is 0.996. The van der Waals surface area contributed by atoms with E-state index in [1.54, 1.807) is 12.1 Å². The largest absolute Gasteiger partial charge is 0.508 e. The number of carbonyl (C=O) groups excluding carboxylic acids is 1. The van der Waals surface area contributed by atoms with Gasteiger partial charge in [0.1, 0.15) is 5.75 Å². The summed E-state index contributed by atoms with van der Waals surface area (Å²) in [4.78, 5) is 17.9. The number of halogens is 2.